The van der Waals surface area contributed by atoms with Gasteiger partial charge < -0.3 is 9.13 Å². The molecule has 5 heteroatoms. The van der Waals surface area contributed by atoms with E-state index in [9.17, 15) is 13.2 Å². The quantitative estimate of drug-likeness (QED) is 0.181. The highest BCUT2D eigenvalue weighted by Gasteiger charge is 2.31. The maximum Gasteiger partial charge on any atom is 0.416 e. The summed E-state index contributed by atoms with van der Waals surface area (Å²) in [6, 6.07) is 52.1. The van der Waals surface area contributed by atoms with E-state index in [1.54, 1.807) is 6.07 Å². The molecule has 0 spiro atoms. The highest BCUT2D eigenvalue weighted by atomic mass is 19.4. The van der Waals surface area contributed by atoms with Crippen LogP contribution in [0.3, 0.4) is 0 Å². The molecule has 2 aromatic heterocycles. The lowest BCUT2D eigenvalue weighted by atomic mass is 9.98. The Morgan fingerprint density at radius 1 is 0.388 bits per heavy atom. The van der Waals surface area contributed by atoms with Crippen molar-refractivity contribution in [1.29, 1.82) is 0 Å². The minimum absolute atomic E-state index is 0.566. The molecule has 2 heterocycles. The molecule has 0 aliphatic heterocycles. The van der Waals surface area contributed by atoms with E-state index in [0.29, 0.717) is 10.9 Å². The Morgan fingerprint density at radius 2 is 0.898 bits per heavy atom. The highest BCUT2D eigenvalue weighted by molar-refractivity contribution is 6.11. The molecule has 0 N–H and O–H groups in total. The first-order valence-electron chi connectivity index (χ1n) is 16.3. The smallest absolute Gasteiger partial charge is 0.309 e. The summed E-state index contributed by atoms with van der Waals surface area (Å²) in [5, 5.41) is 3.67. The summed E-state index contributed by atoms with van der Waals surface area (Å²) in [6.07, 6.45) is -4.44. The van der Waals surface area contributed by atoms with Gasteiger partial charge in [-0.3, -0.25) is 0 Å². The van der Waals surface area contributed by atoms with Gasteiger partial charge in [-0.15, -0.1) is 0 Å². The van der Waals surface area contributed by atoms with Crippen LogP contribution >= 0.6 is 0 Å². The second kappa shape index (κ2) is 11.0. The maximum atomic E-state index is 13.9. The van der Waals surface area contributed by atoms with E-state index in [0.717, 1.165) is 61.0 Å². The van der Waals surface area contributed by atoms with Crippen LogP contribution in [0, 0.1) is 6.92 Å². The lowest BCUT2D eigenvalue weighted by molar-refractivity contribution is -0.137. The number of nitrogens with zero attached hydrogens (tertiary/aromatic N) is 2. The number of para-hydroxylation sites is 2. The van der Waals surface area contributed by atoms with Crippen LogP contribution in [0.4, 0.5) is 13.2 Å². The van der Waals surface area contributed by atoms with Crippen molar-refractivity contribution in [3.05, 3.63) is 169 Å². The summed E-state index contributed by atoms with van der Waals surface area (Å²) in [5.74, 6) is 0. The minimum atomic E-state index is -4.44. The van der Waals surface area contributed by atoms with Crippen molar-refractivity contribution in [1.82, 2.24) is 9.13 Å². The molecule has 0 saturated heterocycles. The van der Waals surface area contributed by atoms with Crippen molar-refractivity contribution in [2.75, 3.05) is 0 Å². The van der Waals surface area contributed by atoms with Crippen molar-refractivity contribution in [2.24, 2.45) is 0 Å². The third kappa shape index (κ3) is 4.81. The van der Waals surface area contributed by atoms with Crippen molar-refractivity contribution in [3.8, 4) is 33.6 Å². The minimum Gasteiger partial charge on any atom is -0.309 e. The second-order valence-corrected chi connectivity index (χ2v) is 12.6. The van der Waals surface area contributed by atoms with Crippen LogP contribution in [0.5, 0.6) is 0 Å². The largest absolute Gasteiger partial charge is 0.416 e. The van der Waals surface area contributed by atoms with E-state index in [1.165, 1.54) is 23.1 Å². The summed E-state index contributed by atoms with van der Waals surface area (Å²) in [4.78, 5) is 0. The van der Waals surface area contributed by atoms with Gasteiger partial charge in [0.05, 0.1) is 27.6 Å². The standard InChI is InChI=1S/C44H29F3N2/c1-28-18-20-42-38(22-28)36-14-5-7-16-40(36)48(42)34-24-32(31-13-9-12-30(23-31)29-10-3-2-4-11-29)25-35(27-34)49-41-17-8-6-15-37(41)39-26-33(44(45,46)47)19-21-43(39)49/h2-27H,1H3. The molecular formula is C44H29F3N2. The molecule has 0 unspecified atom stereocenters. The molecule has 0 aliphatic rings. The van der Waals surface area contributed by atoms with Crippen molar-refractivity contribution >= 4 is 43.6 Å². The molecule has 0 aliphatic carbocycles. The zero-order valence-corrected chi connectivity index (χ0v) is 26.5. The highest BCUT2D eigenvalue weighted by Crippen LogP contribution is 2.40. The van der Waals surface area contributed by atoms with Crippen molar-refractivity contribution in [2.45, 2.75) is 13.1 Å². The zero-order chi connectivity index (χ0) is 33.3. The average molecular weight is 643 g/mol. The number of aromatic nitrogens is 2. The van der Waals surface area contributed by atoms with Crippen LogP contribution in [-0.4, -0.2) is 9.13 Å². The first kappa shape index (κ1) is 29.1. The van der Waals surface area contributed by atoms with E-state index in [-0.39, 0.29) is 0 Å². The molecule has 0 amide bonds. The second-order valence-electron chi connectivity index (χ2n) is 12.6. The van der Waals surface area contributed by atoms with Crippen molar-refractivity contribution < 1.29 is 13.2 Å². The van der Waals surface area contributed by atoms with Gasteiger partial charge in [0.2, 0.25) is 0 Å². The Balaban J connectivity index is 1.37. The number of hydrogen-bond donors (Lipinski definition) is 0. The molecule has 0 saturated carbocycles. The topological polar surface area (TPSA) is 9.86 Å². The van der Waals surface area contributed by atoms with Gasteiger partial charge in [-0.1, -0.05) is 96.6 Å². The Morgan fingerprint density at radius 3 is 1.53 bits per heavy atom. The molecule has 7 aromatic carbocycles. The fourth-order valence-electron chi connectivity index (χ4n) is 7.32. The number of fused-ring (bicyclic) bond motifs is 6. The lowest BCUT2D eigenvalue weighted by Crippen LogP contribution is -2.04. The number of hydrogen-bond acceptors (Lipinski definition) is 0. The van der Waals surface area contributed by atoms with Gasteiger partial charge in [0.15, 0.2) is 0 Å². The molecule has 2 nitrogen and oxygen atoms in total. The Bertz CT molecular complexity index is 2710. The Labute approximate surface area is 280 Å². The zero-order valence-electron chi connectivity index (χ0n) is 26.5. The van der Waals surface area contributed by atoms with E-state index in [1.807, 2.05) is 42.5 Å². The molecule has 0 atom stereocenters. The SMILES string of the molecule is Cc1ccc2c(c1)c1ccccc1n2-c1cc(-c2cccc(-c3ccccc3)c2)cc(-n2c3ccccc3c3cc(C(F)(F)F)ccc32)c1. The third-order valence-electron chi connectivity index (χ3n) is 9.55. The van der Waals surface area contributed by atoms with Gasteiger partial charge in [-0.2, -0.15) is 13.2 Å². The van der Waals surface area contributed by atoms with Gasteiger partial charge in [0.1, 0.15) is 0 Å². The van der Waals surface area contributed by atoms with Crippen LogP contribution in [0.1, 0.15) is 11.1 Å². The van der Waals surface area contributed by atoms with Crippen LogP contribution in [0.2, 0.25) is 0 Å². The van der Waals surface area contributed by atoms with E-state index >= 15 is 0 Å². The van der Waals surface area contributed by atoms with E-state index in [4.69, 9.17) is 0 Å². The Kier molecular flexibility index (Phi) is 6.53. The lowest BCUT2D eigenvalue weighted by Gasteiger charge is -2.16. The van der Waals surface area contributed by atoms with Crippen LogP contribution in [-0.2, 0) is 6.18 Å². The van der Waals surface area contributed by atoms with E-state index < -0.39 is 11.7 Å². The molecule has 9 aromatic rings. The Hall–Kier alpha value is -6.07. The molecule has 0 radical (unpaired) electrons. The summed E-state index contributed by atoms with van der Waals surface area (Å²) < 4.78 is 46.2. The fourth-order valence-corrected chi connectivity index (χ4v) is 7.32. The summed E-state index contributed by atoms with van der Waals surface area (Å²) >= 11 is 0. The molecule has 49 heavy (non-hydrogen) atoms. The van der Waals surface area contributed by atoms with Crippen LogP contribution in [0.25, 0.3) is 77.2 Å². The maximum absolute atomic E-state index is 13.9. The number of rotatable bonds is 4. The first-order valence-corrected chi connectivity index (χ1v) is 16.3. The van der Waals surface area contributed by atoms with E-state index in [2.05, 4.69) is 113 Å². The normalized spacial score (nSPS) is 12.1. The van der Waals surface area contributed by atoms with Gasteiger partial charge in [-0.25, -0.2) is 0 Å². The van der Waals surface area contributed by atoms with Crippen molar-refractivity contribution in [3.63, 3.8) is 0 Å². The molecule has 0 bridgehead atoms. The number of alkyl halides is 3. The summed E-state index contributed by atoms with van der Waals surface area (Å²) in [6.45, 7) is 2.11. The first-order chi connectivity index (χ1) is 23.8. The van der Waals surface area contributed by atoms with Gasteiger partial charge in [-0.05, 0) is 95.9 Å². The monoisotopic (exact) mass is 642 g/mol. The summed E-state index contributed by atoms with van der Waals surface area (Å²) in [7, 11) is 0. The molecule has 9 rings (SSSR count). The predicted octanol–water partition coefficient (Wildman–Crippen LogP) is 12.5. The fraction of sp³-hybridized carbons (Fsp3) is 0.0455. The van der Waals surface area contributed by atoms with Gasteiger partial charge in [0, 0.05) is 32.9 Å². The predicted molar refractivity (Wildman–Crippen MR) is 196 cm³/mol. The van der Waals surface area contributed by atoms with Gasteiger partial charge >= 0.3 is 6.18 Å². The van der Waals surface area contributed by atoms with Crippen LogP contribution < -0.4 is 0 Å². The molecule has 0 fully saturated rings. The third-order valence-corrected chi connectivity index (χ3v) is 9.55. The number of aryl methyl sites for hydroxylation is 1. The average Bonchev–Trinajstić information content (AvgIpc) is 3.64. The summed E-state index contributed by atoms with van der Waals surface area (Å²) in [5.41, 5.74) is 10.4. The number of benzene rings is 7. The van der Waals surface area contributed by atoms with Crippen LogP contribution in [0.15, 0.2) is 158 Å². The number of halogens is 3. The van der Waals surface area contributed by atoms with Gasteiger partial charge in [0.25, 0.3) is 0 Å². The molecule has 236 valence electrons. The molecular weight excluding hydrogens is 613 g/mol.